The molecule has 0 aliphatic rings. The first-order valence-electron chi connectivity index (χ1n) is 2.01. The zero-order valence-corrected chi connectivity index (χ0v) is 6.52. The summed E-state index contributed by atoms with van der Waals surface area (Å²) in [7, 11) is -15.8. The lowest BCUT2D eigenvalue weighted by Gasteiger charge is -2.16. The molecule has 0 nitrogen and oxygen atoms in total. The number of rotatable bonds is 2. The molecule has 0 atom stereocenters. The maximum absolute atomic E-state index is 11.3. The van der Waals surface area contributed by atoms with Crippen LogP contribution in [0, 0.1) is 0 Å². The molecule has 0 saturated carbocycles. The number of halogens is 8. The topological polar surface area (TPSA) is 0 Å². The molecule has 0 rings (SSSR count). The van der Waals surface area contributed by atoms with Gasteiger partial charge in [0.25, 0.3) is 0 Å². The fourth-order valence-corrected chi connectivity index (χ4v) is 1.45. The van der Waals surface area contributed by atoms with Gasteiger partial charge in [-0.3, -0.25) is 0 Å². The molecule has 0 bridgehead atoms. The second-order valence-corrected chi connectivity index (χ2v) is 5.32. The highest BCUT2D eigenvalue weighted by atomic mass is 28.5. The van der Waals surface area contributed by atoms with Crippen molar-refractivity contribution in [3.05, 3.63) is 0 Å². The third kappa shape index (κ3) is 1.92. The SMILES string of the molecule is FC(F)([Si](F)(F)F)[Si](F)(F)F. The Hall–Kier alpha value is -0.126. The molecule has 0 aliphatic heterocycles. The van der Waals surface area contributed by atoms with Crippen LogP contribution in [0.1, 0.15) is 0 Å². The van der Waals surface area contributed by atoms with Gasteiger partial charge in [-0.1, -0.05) is 0 Å². The fourth-order valence-electron chi connectivity index (χ4n) is 0.161. The first-order chi connectivity index (χ1) is 4.50. The Balaban J connectivity index is 4.75. The lowest BCUT2D eigenvalue weighted by molar-refractivity contribution is 0.0756. The number of hydrogen-bond donors (Lipinski definition) is 0. The van der Waals surface area contributed by atoms with Crippen LogP contribution >= 0.6 is 0 Å². The minimum absolute atomic E-state index is 6.35. The van der Waals surface area contributed by atoms with Crippen molar-refractivity contribution < 1.29 is 33.4 Å². The molecule has 0 fully saturated rings. The Morgan fingerprint density at radius 1 is 0.636 bits per heavy atom. The van der Waals surface area contributed by atoms with E-state index < -0.39 is 23.3 Å². The summed E-state index contributed by atoms with van der Waals surface area (Å²) in [5.41, 5.74) is 0. The van der Waals surface area contributed by atoms with E-state index in [9.17, 15) is 33.4 Å². The molecule has 0 aromatic rings. The summed E-state index contributed by atoms with van der Waals surface area (Å²) in [6.07, 6.45) is 0. The summed E-state index contributed by atoms with van der Waals surface area (Å²) in [5, 5.41) is -6.35. The van der Waals surface area contributed by atoms with Crippen LogP contribution in [-0.2, 0) is 0 Å². The summed E-state index contributed by atoms with van der Waals surface area (Å²) in [5.74, 6) is 0. The standard InChI is InChI=1S/CF8Si2/c2-1(3,10(4,5)6)11(7,8)9. The van der Waals surface area contributed by atoms with Gasteiger partial charge >= 0.3 is 23.3 Å². The van der Waals surface area contributed by atoms with E-state index in [-0.39, 0.29) is 0 Å². The number of hydrogen-bond acceptors (Lipinski definition) is 0. The minimum Gasteiger partial charge on any atom is -0.234 e. The normalized spacial score (nSPS) is 15.3. The van der Waals surface area contributed by atoms with E-state index >= 15 is 0 Å². The van der Waals surface area contributed by atoms with E-state index in [1.165, 1.54) is 0 Å². The largest absolute Gasteiger partial charge is 0.696 e. The molecule has 68 valence electrons. The van der Waals surface area contributed by atoms with Gasteiger partial charge in [-0.25, -0.2) is 24.6 Å². The van der Waals surface area contributed by atoms with Crippen LogP contribution in [0.4, 0.5) is 33.4 Å². The summed E-state index contributed by atoms with van der Waals surface area (Å²) >= 11 is 0. The van der Waals surface area contributed by atoms with Crippen molar-refractivity contribution in [2.75, 3.05) is 0 Å². The van der Waals surface area contributed by atoms with Crippen molar-refractivity contribution in [1.29, 1.82) is 0 Å². The maximum atomic E-state index is 11.3. The van der Waals surface area contributed by atoms with Gasteiger partial charge in [-0.05, 0) is 0 Å². The molecule has 0 radical (unpaired) electrons. The second-order valence-electron chi connectivity index (χ2n) is 1.57. The molecule has 0 unspecified atom stereocenters. The molecule has 10 heteroatoms. The van der Waals surface area contributed by atoms with Gasteiger partial charge in [0.15, 0.2) is 0 Å². The van der Waals surface area contributed by atoms with Gasteiger partial charge in [-0.2, -0.15) is 8.78 Å². The van der Waals surface area contributed by atoms with Crippen molar-refractivity contribution in [2.45, 2.75) is 5.17 Å². The monoisotopic (exact) mass is 220 g/mol. The van der Waals surface area contributed by atoms with Gasteiger partial charge in [0.05, 0.1) is 0 Å². The zero-order chi connectivity index (χ0) is 9.50. The average Bonchev–Trinajstić information content (AvgIpc) is 1.58. The maximum Gasteiger partial charge on any atom is 0.696 e. The van der Waals surface area contributed by atoms with Gasteiger partial charge < -0.3 is 0 Å². The van der Waals surface area contributed by atoms with Crippen LogP contribution < -0.4 is 0 Å². The molecule has 0 heterocycles. The van der Waals surface area contributed by atoms with Crippen molar-refractivity contribution >= 4 is 18.2 Å². The molecule has 0 aromatic heterocycles. The van der Waals surface area contributed by atoms with E-state index in [0.717, 1.165) is 0 Å². The highest BCUT2D eigenvalue weighted by molar-refractivity contribution is 6.82. The molecule has 11 heavy (non-hydrogen) atoms. The van der Waals surface area contributed by atoms with Crippen LogP contribution in [0.5, 0.6) is 0 Å². The lowest BCUT2D eigenvalue weighted by Crippen LogP contribution is -2.57. The molecular formula is CF8Si2. The van der Waals surface area contributed by atoms with E-state index in [1.807, 2.05) is 0 Å². The van der Waals surface area contributed by atoms with Gasteiger partial charge in [0.2, 0.25) is 0 Å². The fraction of sp³-hybridized carbons (Fsp3) is 1.00. The number of alkyl halides is 2. The van der Waals surface area contributed by atoms with Crippen LogP contribution in [0.25, 0.3) is 0 Å². The van der Waals surface area contributed by atoms with E-state index in [0.29, 0.717) is 0 Å². The first kappa shape index (κ1) is 10.9. The second kappa shape index (κ2) is 2.43. The van der Waals surface area contributed by atoms with Crippen LogP contribution in [-0.4, -0.2) is 23.3 Å². The molecule has 0 saturated heterocycles. The van der Waals surface area contributed by atoms with Crippen molar-refractivity contribution in [3.8, 4) is 0 Å². The summed E-state index contributed by atoms with van der Waals surface area (Å²) in [6.45, 7) is 0. The molecule has 0 spiro atoms. The summed E-state index contributed by atoms with van der Waals surface area (Å²) < 4.78 is 88.8. The molecule has 0 aromatic carbocycles. The predicted octanol–water partition coefficient (Wildman–Crippen LogP) is 2.39. The van der Waals surface area contributed by atoms with Gasteiger partial charge in [0.1, 0.15) is 0 Å². The third-order valence-electron chi connectivity index (χ3n) is 0.712. The van der Waals surface area contributed by atoms with Gasteiger partial charge in [0, 0.05) is 0 Å². The van der Waals surface area contributed by atoms with E-state index in [2.05, 4.69) is 0 Å². The minimum atomic E-state index is -7.92. The van der Waals surface area contributed by atoms with Crippen LogP contribution in [0.2, 0.25) is 0 Å². The van der Waals surface area contributed by atoms with Crippen molar-refractivity contribution in [2.24, 2.45) is 0 Å². The summed E-state index contributed by atoms with van der Waals surface area (Å²) in [6, 6.07) is 0. The quantitative estimate of drug-likeness (QED) is 0.381. The Morgan fingerprint density at radius 3 is 0.818 bits per heavy atom. The Morgan fingerprint density at radius 2 is 0.818 bits per heavy atom. The van der Waals surface area contributed by atoms with Crippen molar-refractivity contribution in [1.82, 2.24) is 0 Å². The lowest BCUT2D eigenvalue weighted by atomic mass is 11.6. The zero-order valence-electron chi connectivity index (χ0n) is 4.52. The predicted molar refractivity (Wildman–Crippen MR) is 23.1 cm³/mol. The smallest absolute Gasteiger partial charge is 0.234 e. The summed E-state index contributed by atoms with van der Waals surface area (Å²) in [4.78, 5) is 0. The molecule has 0 N–H and O–H groups in total. The molecule has 0 amide bonds. The highest BCUT2D eigenvalue weighted by Gasteiger charge is 2.82. The Bertz CT molecular complexity index is 123. The van der Waals surface area contributed by atoms with E-state index in [1.54, 1.807) is 0 Å². The Kier molecular flexibility index (Phi) is 2.41. The van der Waals surface area contributed by atoms with Crippen molar-refractivity contribution in [3.63, 3.8) is 0 Å². The van der Waals surface area contributed by atoms with Gasteiger partial charge in [-0.15, -0.1) is 0 Å². The molecular weight excluding hydrogens is 220 g/mol. The Labute approximate surface area is 57.9 Å². The molecule has 0 aliphatic carbocycles. The van der Waals surface area contributed by atoms with Crippen LogP contribution in [0.15, 0.2) is 0 Å². The highest BCUT2D eigenvalue weighted by Crippen LogP contribution is 2.40. The first-order valence-corrected chi connectivity index (χ1v) is 5.28. The third-order valence-corrected chi connectivity index (χ3v) is 3.84. The van der Waals surface area contributed by atoms with E-state index in [4.69, 9.17) is 0 Å². The average molecular weight is 220 g/mol. The van der Waals surface area contributed by atoms with Crippen LogP contribution in [0.3, 0.4) is 0 Å².